The number of nitrogen functional groups attached to an aromatic ring is 1. The Hall–Kier alpha value is -1.95. The topological polar surface area (TPSA) is 76.8 Å². The molecule has 0 aliphatic heterocycles. The molecule has 6 heteroatoms. The first-order valence-electron chi connectivity index (χ1n) is 4.99. The highest BCUT2D eigenvalue weighted by Crippen LogP contribution is 2.30. The number of hydrogen-bond acceptors (Lipinski definition) is 5. The molecule has 0 saturated heterocycles. The van der Waals surface area contributed by atoms with Gasteiger partial charge >= 0.3 is 0 Å². The number of rotatable bonds is 4. The molecule has 1 rings (SSSR count). The lowest BCUT2D eigenvalue weighted by Gasteiger charge is -2.15. The molecule has 0 heterocycles. The van der Waals surface area contributed by atoms with Gasteiger partial charge in [0.1, 0.15) is 11.5 Å². The SMILES string of the molecule is COc1cc(OC)c(N)c(C(=O)NN(C)C)c1. The Kier molecular flexibility index (Phi) is 4.17. The number of benzene rings is 1. The van der Waals surface area contributed by atoms with Gasteiger partial charge in [-0.1, -0.05) is 0 Å². The van der Waals surface area contributed by atoms with Gasteiger partial charge in [-0.05, 0) is 6.07 Å². The fourth-order valence-corrected chi connectivity index (χ4v) is 1.34. The molecular weight excluding hydrogens is 222 g/mol. The van der Waals surface area contributed by atoms with Gasteiger partial charge in [-0.25, -0.2) is 5.01 Å². The zero-order chi connectivity index (χ0) is 13.0. The molecule has 0 bridgehead atoms. The minimum Gasteiger partial charge on any atom is -0.497 e. The van der Waals surface area contributed by atoms with Crippen LogP contribution in [-0.2, 0) is 0 Å². The summed E-state index contributed by atoms with van der Waals surface area (Å²) in [6.45, 7) is 0. The first-order valence-corrected chi connectivity index (χ1v) is 4.99. The highest BCUT2D eigenvalue weighted by Gasteiger charge is 2.16. The van der Waals surface area contributed by atoms with Crippen molar-refractivity contribution in [2.45, 2.75) is 0 Å². The number of nitrogens with one attached hydrogen (secondary N) is 1. The molecule has 0 aromatic heterocycles. The lowest BCUT2D eigenvalue weighted by atomic mass is 10.1. The summed E-state index contributed by atoms with van der Waals surface area (Å²) in [4.78, 5) is 11.9. The van der Waals surface area contributed by atoms with Crippen molar-refractivity contribution in [3.05, 3.63) is 17.7 Å². The van der Waals surface area contributed by atoms with Crippen LogP contribution in [-0.4, -0.2) is 39.2 Å². The third kappa shape index (κ3) is 3.01. The predicted molar refractivity (Wildman–Crippen MR) is 65.1 cm³/mol. The number of hydrogen-bond donors (Lipinski definition) is 2. The number of amides is 1. The summed E-state index contributed by atoms with van der Waals surface area (Å²) in [5.41, 5.74) is 9.04. The summed E-state index contributed by atoms with van der Waals surface area (Å²) in [7, 11) is 6.42. The van der Waals surface area contributed by atoms with Crippen LogP contribution in [0.2, 0.25) is 0 Å². The van der Waals surface area contributed by atoms with E-state index >= 15 is 0 Å². The van der Waals surface area contributed by atoms with E-state index in [9.17, 15) is 4.79 Å². The van der Waals surface area contributed by atoms with Crippen molar-refractivity contribution in [2.24, 2.45) is 0 Å². The van der Waals surface area contributed by atoms with Crippen LogP contribution in [0.3, 0.4) is 0 Å². The monoisotopic (exact) mass is 239 g/mol. The molecular formula is C11H17N3O3. The molecule has 0 fully saturated rings. The zero-order valence-corrected chi connectivity index (χ0v) is 10.4. The number of nitrogens with two attached hydrogens (primary N) is 1. The minimum atomic E-state index is -0.315. The van der Waals surface area contributed by atoms with Gasteiger partial charge in [0.05, 0.1) is 25.5 Å². The largest absolute Gasteiger partial charge is 0.497 e. The molecule has 3 N–H and O–H groups in total. The second-order valence-corrected chi connectivity index (χ2v) is 3.63. The first-order chi connectivity index (χ1) is 7.99. The summed E-state index contributed by atoms with van der Waals surface area (Å²) in [5.74, 6) is 0.609. The van der Waals surface area contributed by atoms with Gasteiger partial charge in [0.15, 0.2) is 0 Å². The molecule has 1 amide bonds. The Balaban J connectivity index is 3.17. The second-order valence-electron chi connectivity index (χ2n) is 3.63. The van der Waals surface area contributed by atoms with E-state index in [1.165, 1.54) is 19.2 Å². The summed E-state index contributed by atoms with van der Waals surface area (Å²) < 4.78 is 10.2. The number of carbonyl (C=O) groups excluding carboxylic acids is 1. The summed E-state index contributed by atoms with van der Waals surface area (Å²) in [5, 5.41) is 1.54. The Morgan fingerprint density at radius 1 is 1.29 bits per heavy atom. The molecule has 1 aromatic carbocycles. The molecule has 0 radical (unpaired) electrons. The average Bonchev–Trinajstić information content (AvgIpc) is 2.28. The van der Waals surface area contributed by atoms with Crippen LogP contribution in [0.15, 0.2) is 12.1 Å². The van der Waals surface area contributed by atoms with E-state index in [-0.39, 0.29) is 11.6 Å². The number of hydrazine groups is 1. The van der Waals surface area contributed by atoms with Gasteiger partial charge in [-0.2, -0.15) is 0 Å². The van der Waals surface area contributed by atoms with Gasteiger partial charge in [-0.3, -0.25) is 10.2 Å². The average molecular weight is 239 g/mol. The van der Waals surface area contributed by atoms with Gasteiger partial charge in [0.2, 0.25) is 0 Å². The van der Waals surface area contributed by atoms with Crippen LogP contribution in [0.4, 0.5) is 5.69 Å². The smallest absolute Gasteiger partial charge is 0.267 e. The van der Waals surface area contributed by atoms with Crippen LogP contribution < -0.4 is 20.6 Å². The third-order valence-corrected chi connectivity index (χ3v) is 2.14. The Morgan fingerprint density at radius 3 is 2.41 bits per heavy atom. The molecule has 1 aromatic rings. The zero-order valence-electron chi connectivity index (χ0n) is 10.4. The van der Waals surface area contributed by atoms with Crippen molar-refractivity contribution in [2.75, 3.05) is 34.0 Å². The van der Waals surface area contributed by atoms with E-state index in [0.717, 1.165) is 0 Å². The van der Waals surface area contributed by atoms with Gasteiger partial charge in [0, 0.05) is 20.2 Å². The molecule has 0 aliphatic rings. The highest BCUT2D eigenvalue weighted by atomic mass is 16.5. The van der Waals surface area contributed by atoms with Gasteiger partial charge in [-0.15, -0.1) is 0 Å². The number of ether oxygens (including phenoxy) is 2. The summed E-state index contributed by atoms with van der Waals surface area (Å²) >= 11 is 0. The third-order valence-electron chi connectivity index (χ3n) is 2.14. The number of anilines is 1. The Bertz CT molecular complexity index is 419. The van der Waals surface area contributed by atoms with Crippen LogP contribution in [0, 0.1) is 0 Å². The fourth-order valence-electron chi connectivity index (χ4n) is 1.34. The van der Waals surface area contributed by atoms with Crippen molar-refractivity contribution in [1.82, 2.24) is 10.4 Å². The van der Waals surface area contributed by atoms with Crippen molar-refractivity contribution in [3.63, 3.8) is 0 Å². The van der Waals surface area contributed by atoms with Crippen LogP contribution in [0.25, 0.3) is 0 Å². The standard InChI is InChI=1S/C11H17N3O3/c1-14(2)13-11(15)8-5-7(16-3)6-9(17-4)10(8)12/h5-6H,12H2,1-4H3,(H,13,15). The molecule has 0 aliphatic carbocycles. The van der Waals surface area contributed by atoms with Crippen molar-refractivity contribution < 1.29 is 14.3 Å². The second kappa shape index (κ2) is 5.40. The fraction of sp³-hybridized carbons (Fsp3) is 0.364. The summed E-state index contributed by atoms with van der Waals surface area (Å²) in [6.07, 6.45) is 0. The Labute approximate surface area is 100 Å². The normalized spacial score (nSPS) is 10.2. The Morgan fingerprint density at radius 2 is 1.94 bits per heavy atom. The molecule has 17 heavy (non-hydrogen) atoms. The minimum absolute atomic E-state index is 0.285. The van der Waals surface area contributed by atoms with Crippen LogP contribution >= 0.6 is 0 Å². The molecule has 0 atom stereocenters. The van der Waals surface area contributed by atoms with E-state index in [2.05, 4.69) is 5.43 Å². The maximum absolute atomic E-state index is 11.9. The van der Waals surface area contributed by atoms with Gasteiger partial charge in [0.25, 0.3) is 5.91 Å². The molecule has 0 spiro atoms. The van der Waals surface area contributed by atoms with Crippen LogP contribution in [0.1, 0.15) is 10.4 Å². The number of carbonyl (C=O) groups is 1. The van der Waals surface area contributed by atoms with Crippen molar-refractivity contribution >= 4 is 11.6 Å². The van der Waals surface area contributed by atoms with Crippen molar-refractivity contribution in [3.8, 4) is 11.5 Å². The molecule has 94 valence electrons. The van der Waals surface area contributed by atoms with Gasteiger partial charge < -0.3 is 15.2 Å². The lowest BCUT2D eigenvalue weighted by Crippen LogP contribution is -2.36. The molecule has 0 unspecified atom stereocenters. The van der Waals surface area contributed by atoms with E-state index in [1.807, 2.05) is 0 Å². The lowest BCUT2D eigenvalue weighted by molar-refractivity contribution is 0.0857. The maximum Gasteiger partial charge on any atom is 0.267 e. The van der Waals surface area contributed by atoms with E-state index in [1.54, 1.807) is 26.2 Å². The predicted octanol–water partition coefficient (Wildman–Crippen LogP) is 0.492. The quantitative estimate of drug-likeness (QED) is 0.590. The number of methoxy groups -OCH3 is 2. The maximum atomic E-state index is 11.9. The highest BCUT2D eigenvalue weighted by molar-refractivity contribution is 6.00. The number of nitrogens with zero attached hydrogens (tertiary/aromatic N) is 1. The van der Waals surface area contributed by atoms with E-state index < -0.39 is 0 Å². The van der Waals surface area contributed by atoms with Crippen LogP contribution in [0.5, 0.6) is 11.5 Å². The summed E-state index contributed by atoms with van der Waals surface area (Å²) in [6, 6.07) is 3.19. The van der Waals surface area contributed by atoms with Crippen molar-refractivity contribution in [1.29, 1.82) is 0 Å². The molecule has 6 nitrogen and oxygen atoms in total. The van der Waals surface area contributed by atoms with E-state index in [0.29, 0.717) is 17.1 Å². The van der Waals surface area contributed by atoms with E-state index in [4.69, 9.17) is 15.2 Å². The molecule has 0 saturated carbocycles. The first kappa shape index (κ1) is 13.1.